The minimum Gasteiger partial charge on any atom is -0.338 e. The van der Waals surface area contributed by atoms with E-state index in [4.69, 9.17) is 11.6 Å². The maximum absolute atomic E-state index is 12.7. The second kappa shape index (κ2) is 9.34. The average molecular weight is 384 g/mol. The van der Waals surface area contributed by atoms with E-state index in [0.717, 1.165) is 18.4 Å². The van der Waals surface area contributed by atoms with E-state index in [1.807, 2.05) is 43.0 Å². The average Bonchev–Trinajstić information content (AvgIpc) is 2.91. The zero-order valence-corrected chi connectivity index (χ0v) is 16.6. The summed E-state index contributed by atoms with van der Waals surface area (Å²) < 4.78 is 0. The summed E-state index contributed by atoms with van der Waals surface area (Å²) in [6.45, 7) is 5.75. The highest BCUT2D eigenvalue weighted by Crippen LogP contribution is 2.46. The third kappa shape index (κ3) is 4.82. The lowest BCUT2D eigenvalue weighted by Gasteiger charge is -2.26. The van der Waals surface area contributed by atoms with E-state index in [1.54, 1.807) is 23.7 Å². The SMILES string of the molecule is CCNC(=O)N(C)CCCN1C(=O)[C@H](CC)S[C@H]1c1ccccc1Cl. The van der Waals surface area contributed by atoms with E-state index in [2.05, 4.69) is 5.32 Å². The molecule has 0 saturated carbocycles. The van der Waals surface area contributed by atoms with E-state index in [9.17, 15) is 9.59 Å². The van der Waals surface area contributed by atoms with E-state index in [-0.39, 0.29) is 22.6 Å². The third-order valence-corrected chi connectivity index (χ3v) is 6.22. The van der Waals surface area contributed by atoms with Gasteiger partial charge in [-0.1, -0.05) is 36.7 Å². The smallest absolute Gasteiger partial charge is 0.317 e. The van der Waals surface area contributed by atoms with Crippen molar-refractivity contribution < 1.29 is 9.59 Å². The maximum Gasteiger partial charge on any atom is 0.317 e. The second-order valence-corrected chi connectivity index (χ2v) is 7.74. The van der Waals surface area contributed by atoms with Crippen LogP contribution >= 0.6 is 23.4 Å². The van der Waals surface area contributed by atoms with Crippen molar-refractivity contribution in [1.29, 1.82) is 0 Å². The molecule has 0 unspecified atom stereocenters. The van der Waals surface area contributed by atoms with Gasteiger partial charge >= 0.3 is 6.03 Å². The number of rotatable bonds is 7. The van der Waals surface area contributed by atoms with Crippen molar-refractivity contribution in [2.45, 2.75) is 37.3 Å². The molecule has 1 aliphatic rings. The van der Waals surface area contributed by atoms with Gasteiger partial charge < -0.3 is 15.1 Å². The Kier molecular flexibility index (Phi) is 7.44. The summed E-state index contributed by atoms with van der Waals surface area (Å²) in [6, 6.07) is 7.61. The summed E-state index contributed by atoms with van der Waals surface area (Å²) in [4.78, 5) is 28.0. The summed E-state index contributed by atoms with van der Waals surface area (Å²) in [5.74, 6) is 0.165. The second-order valence-electron chi connectivity index (χ2n) is 6.05. The van der Waals surface area contributed by atoms with Crippen molar-refractivity contribution in [3.63, 3.8) is 0 Å². The van der Waals surface area contributed by atoms with Crippen LogP contribution < -0.4 is 5.32 Å². The normalized spacial score (nSPS) is 20.0. The molecule has 3 amide bonds. The van der Waals surface area contributed by atoms with Gasteiger partial charge in [-0.25, -0.2) is 4.79 Å². The minimum atomic E-state index is -0.0845. The maximum atomic E-state index is 12.7. The Morgan fingerprint density at radius 1 is 1.36 bits per heavy atom. The van der Waals surface area contributed by atoms with E-state index in [0.29, 0.717) is 24.7 Å². The zero-order chi connectivity index (χ0) is 18.4. The number of hydrogen-bond acceptors (Lipinski definition) is 3. The van der Waals surface area contributed by atoms with E-state index in [1.165, 1.54) is 0 Å². The van der Waals surface area contributed by atoms with Gasteiger partial charge in [-0.2, -0.15) is 0 Å². The van der Waals surface area contributed by atoms with E-state index >= 15 is 0 Å². The number of carbonyl (C=O) groups excluding carboxylic acids is 2. The van der Waals surface area contributed by atoms with Crippen LogP contribution in [0.15, 0.2) is 24.3 Å². The van der Waals surface area contributed by atoms with Gasteiger partial charge in [0.15, 0.2) is 0 Å². The lowest BCUT2D eigenvalue weighted by molar-refractivity contribution is -0.130. The predicted molar refractivity (Wildman–Crippen MR) is 104 cm³/mol. The van der Waals surface area contributed by atoms with Gasteiger partial charge in [-0.3, -0.25) is 4.79 Å². The molecule has 1 aromatic carbocycles. The summed E-state index contributed by atoms with van der Waals surface area (Å²) in [7, 11) is 1.77. The Morgan fingerprint density at radius 2 is 2.08 bits per heavy atom. The van der Waals surface area contributed by atoms with Crippen molar-refractivity contribution >= 4 is 35.3 Å². The van der Waals surface area contributed by atoms with Gasteiger partial charge in [-0.05, 0) is 25.8 Å². The molecule has 1 aromatic rings. The fraction of sp³-hybridized carbons (Fsp3) is 0.556. The molecule has 1 fully saturated rings. The molecule has 0 spiro atoms. The Labute approximate surface area is 159 Å². The number of carbonyl (C=O) groups is 2. The Balaban J connectivity index is 2.04. The van der Waals surface area contributed by atoms with Crippen LogP contribution in [-0.2, 0) is 4.79 Å². The molecule has 0 radical (unpaired) electrons. The Morgan fingerprint density at radius 3 is 2.72 bits per heavy atom. The van der Waals surface area contributed by atoms with Crippen LogP contribution in [0, 0.1) is 0 Å². The summed E-state index contributed by atoms with van der Waals surface area (Å²) in [5.41, 5.74) is 0.982. The van der Waals surface area contributed by atoms with Gasteiger partial charge in [0, 0.05) is 37.3 Å². The number of thioether (sulfide) groups is 1. The molecule has 2 atom stereocenters. The first-order valence-corrected chi connectivity index (χ1v) is 10.0. The molecule has 1 aliphatic heterocycles. The van der Waals surface area contributed by atoms with Crippen molar-refractivity contribution in [2.75, 3.05) is 26.7 Å². The Bertz CT molecular complexity index is 614. The Hall–Kier alpha value is -1.40. The van der Waals surface area contributed by atoms with Crippen LogP contribution in [0.4, 0.5) is 4.79 Å². The lowest BCUT2D eigenvalue weighted by atomic mass is 10.2. The topological polar surface area (TPSA) is 52.7 Å². The van der Waals surface area contributed by atoms with Crippen LogP contribution in [-0.4, -0.2) is 53.7 Å². The van der Waals surface area contributed by atoms with Crippen molar-refractivity contribution in [2.24, 2.45) is 0 Å². The highest BCUT2D eigenvalue weighted by Gasteiger charge is 2.40. The first kappa shape index (κ1) is 19.9. The minimum absolute atomic E-state index is 0.0256. The molecule has 25 heavy (non-hydrogen) atoms. The van der Waals surface area contributed by atoms with Crippen LogP contribution in [0.3, 0.4) is 0 Å². The third-order valence-electron chi connectivity index (χ3n) is 4.24. The molecule has 1 heterocycles. The van der Waals surface area contributed by atoms with Crippen molar-refractivity contribution in [1.82, 2.24) is 15.1 Å². The monoisotopic (exact) mass is 383 g/mol. The molecule has 1 N–H and O–H groups in total. The number of halogens is 1. The quantitative estimate of drug-likeness (QED) is 0.780. The molecule has 1 saturated heterocycles. The zero-order valence-electron chi connectivity index (χ0n) is 15.0. The van der Waals surface area contributed by atoms with Crippen LogP contribution in [0.2, 0.25) is 5.02 Å². The molecular weight excluding hydrogens is 358 g/mol. The fourth-order valence-electron chi connectivity index (χ4n) is 2.87. The van der Waals surface area contributed by atoms with Crippen LogP contribution in [0.5, 0.6) is 0 Å². The molecular formula is C18H26ClN3O2S. The van der Waals surface area contributed by atoms with Crippen LogP contribution in [0.1, 0.15) is 37.6 Å². The molecule has 0 aromatic heterocycles. The number of urea groups is 1. The molecule has 5 nitrogen and oxygen atoms in total. The molecule has 7 heteroatoms. The summed E-state index contributed by atoms with van der Waals surface area (Å²) in [5, 5.41) is 3.38. The fourth-order valence-corrected chi connectivity index (χ4v) is 4.64. The summed E-state index contributed by atoms with van der Waals surface area (Å²) >= 11 is 8.02. The van der Waals surface area contributed by atoms with Gasteiger partial charge in [0.25, 0.3) is 0 Å². The number of nitrogens with one attached hydrogen (secondary N) is 1. The first-order chi connectivity index (χ1) is 12.0. The van der Waals surface area contributed by atoms with Gasteiger partial charge in [0.05, 0.1) is 5.25 Å². The van der Waals surface area contributed by atoms with Gasteiger partial charge in [0.2, 0.25) is 5.91 Å². The van der Waals surface area contributed by atoms with E-state index < -0.39 is 0 Å². The lowest BCUT2D eigenvalue weighted by Crippen LogP contribution is -2.39. The number of hydrogen-bond donors (Lipinski definition) is 1. The molecule has 138 valence electrons. The van der Waals surface area contributed by atoms with Gasteiger partial charge in [-0.15, -0.1) is 11.8 Å². The first-order valence-electron chi connectivity index (χ1n) is 8.68. The van der Waals surface area contributed by atoms with Crippen LogP contribution in [0.25, 0.3) is 0 Å². The molecule has 2 rings (SSSR count). The number of benzene rings is 1. The highest BCUT2D eigenvalue weighted by atomic mass is 35.5. The highest BCUT2D eigenvalue weighted by molar-refractivity contribution is 8.01. The number of amides is 3. The standard InChI is InChI=1S/C18H26ClN3O2S/c1-4-15-16(23)22(12-8-11-21(3)18(24)20-5-2)17(25-15)13-9-6-7-10-14(13)19/h6-7,9-10,15,17H,4-5,8,11-12H2,1-3H3,(H,20,24)/t15-,17-/m0/s1. The molecule has 0 aliphatic carbocycles. The van der Waals surface area contributed by atoms with Crippen molar-refractivity contribution in [3.05, 3.63) is 34.9 Å². The predicted octanol–water partition coefficient (Wildman–Crippen LogP) is 3.74. The van der Waals surface area contributed by atoms with Gasteiger partial charge in [0.1, 0.15) is 5.37 Å². The van der Waals surface area contributed by atoms with Crippen molar-refractivity contribution in [3.8, 4) is 0 Å². The largest absolute Gasteiger partial charge is 0.338 e. The number of nitrogens with zero attached hydrogens (tertiary/aromatic N) is 2. The molecule has 0 bridgehead atoms. The summed E-state index contributed by atoms with van der Waals surface area (Å²) in [6.07, 6.45) is 1.54.